The van der Waals surface area contributed by atoms with Crippen LogP contribution < -0.4 is 21.1 Å². The van der Waals surface area contributed by atoms with Gasteiger partial charge in [0.15, 0.2) is 12.6 Å². The molecule has 0 spiro atoms. The maximum absolute atomic E-state index is 10.8. The normalized spacial score (nSPS) is 10.7. The third-order valence-electron chi connectivity index (χ3n) is 3.12. The number of nitrogens with two attached hydrogens (primary N) is 1. The van der Waals surface area contributed by atoms with E-state index >= 15 is 0 Å². The predicted octanol–water partition coefficient (Wildman–Crippen LogP) is 2.41. The monoisotopic (exact) mass is 448 g/mol. The summed E-state index contributed by atoms with van der Waals surface area (Å²) in [4.78, 5) is 15.3. The lowest BCUT2D eigenvalue weighted by atomic mass is 10.2. The fraction of sp³-hybridized carbons (Fsp3) is 0.529. The standard InChI is InChI=1S/C17H28N4O2.HI/c1-3-5-6-10-20-17(19-4-2)21-12-14-8-7-9-15(11-14)23-13-16(18)22;/h7-9,11H,3-6,10,12-13H2,1-2H3,(H2,18,22)(H2,19,20,21);1H. The van der Waals surface area contributed by atoms with Crippen LogP contribution in [0.15, 0.2) is 29.3 Å². The van der Waals surface area contributed by atoms with Crippen LogP contribution in [0.4, 0.5) is 0 Å². The molecule has 0 atom stereocenters. The van der Waals surface area contributed by atoms with Gasteiger partial charge in [0.05, 0.1) is 6.54 Å². The molecule has 0 fully saturated rings. The van der Waals surface area contributed by atoms with Gasteiger partial charge in [0.1, 0.15) is 5.75 Å². The Hall–Kier alpha value is -1.51. The first kappa shape index (κ1) is 22.5. The van der Waals surface area contributed by atoms with Gasteiger partial charge in [-0.15, -0.1) is 24.0 Å². The van der Waals surface area contributed by atoms with Gasteiger partial charge in [0, 0.05) is 13.1 Å². The molecule has 0 aromatic heterocycles. The molecule has 0 heterocycles. The van der Waals surface area contributed by atoms with E-state index in [1.807, 2.05) is 25.1 Å². The molecule has 4 N–H and O–H groups in total. The molecule has 7 heteroatoms. The quantitative estimate of drug-likeness (QED) is 0.222. The van der Waals surface area contributed by atoms with Gasteiger partial charge < -0.3 is 21.1 Å². The first-order valence-electron chi connectivity index (χ1n) is 8.18. The van der Waals surface area contributed by atoms with Crippen molar-refractivity contribution < 1.29 is 9.53 Å². The molecule has 0 unspecified atom stereocenters. The highest BCUT2D eigenvalue weighted by Crippen LogP contribution is 2.13. The molecule has 0 aliphatic heterocycles. The summed E-state index contributed by atoms with van der Waals surface area (Å²) in [7, 11) is 0. The summed E-state index contributed by atoms with van der Waals surface area (Å²) in [6, 6.07) is 7.52. The molecule has 0 aliphatic rings. The zero-order chi connectivity index (χ0) is 16.9. The summed E-state index contributed by atoms with van der Waals surface area (Å²) in [6.07, 6.45) is 3.55. The van der Waals surface area contributed by atoms with Crippen LogP contribution in [0, 0.1) is 0 Å². The number of nitrogens with one attached hydrogen (secondary N) is 2. The number of halogens is 1. The fourth-order valence-corrected chi connectivity index (χ4v) is 1.98. The number of hydrogen-bond acceptors (Lipinski definition) is 3. The number of hydrogen-bond donors (Lipinski definition) is 3. The molecule has 1 amide bonds. The molecule has 0 radical (unpaired) electrons. The predicted molar refractivity (Wildman–Crippen MR) is 109 cm³/mol. The molecule has 24 heavy (non-hydrogen) atoms. The molecule has 1 aromatic carbocycles. The Kier molecular flexibility index (Phi) is 13.0. The zero-order valence-electron chi connectivity index (χ0n) is 14.5. The maximum atomic E-state index is 10.8. The number of carbonyl (C=O) groups is 1. The molecule has 136 valence electrons. The second-order valence-electron chi connectivity index (χ2n) is 5.23. The molecule has 0 saturated carbocycles. The number of aliphatic imine (C=N–C) groups is 1. The molecular weight excluding hydrogens is 419 g/mol. The van der Waals surface area contributed by atoms with E-state index in [2.05, 4.69) is 22.5 Å². The van der Waals surface area contributed by atoms with Gasteiger partial charge in [-0.25, -0.2) is 4.99 Å². The van der Waals surface area contributed by atoms with E-state index in [4.69, 9.17) is 10.5 Å². The van der Waals surface area contributed by atoms with Gasteiger partial charge in [-0.2, -0.15) is 0 Å². The SMILES string of the molecule is CCCCCNC(=NCc1cccc(OCC(N)=O)c1)NCC.I. The second-order valence-corrected chi connectivity index (χ2v) is 5.23. The Labute approximate surface area is 161 Å². The number of unbranched alkanes of at least 4 members (excludes halogenated alkanes) is 2. The number of amides is 1. The van der Waals surface area contributed by atoms with Gasteiger partial charge in [-0.05, 0) is 31.0 Å². The van der Waals surface area contributed by atoms with Crippen LogP contribution in [-0.4, -0.2) is 31.6 Å². The Morgan fingerprint density at radius 3 is 2.71 bits per heavy atom. The number of rotatable bonds is 10. The van der Waals surface area contributed by atoms with Crippen molar-refractivity contribution in [3.8, 4) is 5.75 Å². The Morgan fingerprint density at radius 1 is 1.25 bits per heavy atom. The molecule has 0 bridgehead atoms. The number of benzene rings is 1. The van der Waals surface area contributed by atoms with Crippen LogP contribution in [0.5, 0.6) is 5.75 Å². The first-order valence-corrected chi connectivity index (χ1v) is 8.18. The van der Waals surface area contributed by atoms with Gasteiger partial charge in [-0.3, -0.25) is 4.79 Å². The summed E-state index contributed by atoms with van der Waals surface area (Å²) in [5.41, 5.74) is 6.09. The lowest BCUT2D eigenvalue weighted by Gasteiger charge is -2.11. The van der Waals surface area contributed by atoms with Crippen molar-refractivity contribution >= 4 is 35.8 Å². The number of nitrogens with zero attached hydrogens (tertiary/aromatic N) is 1. The van der Waals surface area contributed by atoms with Gasteiger partial charge >= 0.3 is 0 Å². The molecule has 6 nitrogen and oxygen atoms in total. The van der Waals surface area contributed by atoms with E-state index in [1.165, 1.54) is 12.8 Å². The third-order valence-corrected chi connectivity index (χ3v) is 3.12. The summed E-state index contributed by atoms with van der Waals surface area (Å²) in [6.45, 7) is 6.39. The summed E-state index contributed by atoms with van der Waals surface area (Å²) < 4.78 is 5.30. The second kappa shape index (κ2) is 13.9. The smallest absolute Gasteiger partial charge is 0.255 e. The molecular formula is C17H29IN4O2. The highest BCUT2D eigenvalue weighted by atomic mass is 127. The molecule has 1 aromatic rings. The minimum Gasteiger partial charge on any atom is -0.484 e. The zero-order valence-corrected chi connectivity index (χ0v) is 16.8. The summed E-state index contributed by atoms with van der Waals surface area (Å²) in [5, 5.41) is 6.56. The van der Waals surface area contributed by atoms with Crippen LogP contribution in [-0.2, 0) is 11.3 Å². The van der Waals surface area contributed by atoms with Crippen molar-refractivity contribution in [3.63, 3.8) is 0 Å². The highest BCUT2D eigenvalue weighted by molar-refractivity contribution is 14.0. The van der Waals surface area contributed by atoms with Gasteiger partial charge in [0.25, 0.3) is 5.91 Å². The highest BCUT2D eigenvalue weighted by Gasteiger charge is 2.01. The number of carbonyl (C=O) groups excluding carboxylic acids is 1. The van der Waals surface area contributed by atoms with E-state index in [0.717, 1.165) is 31.0 Å². The third kappa shape index (κ3) is 10.3. The van der Waals surface area contributed by atoms with E-state index < -0.39 is 5.91 Å². The number of ether oxygens (including phenoxy) is 1. The van der Waals surface area contributed by atoms with Crippen LogP contribution in [0.25, 0.3) is 0 Å². The van der Waals surface area contributed by atoms with E-state index in [9.17, 15) is 4.79 Å². The van der Waals surface area contributed by atoms with Crippen molar-refractivity contribution in [3.05, 3.63) is 29.8 Å². The van der Waals surface area contributed by atoms with Crippen molar-refractivity contribution in [1.29, 1.82) is 0 Å². The van der Waals surface area contributed by atoms with E-state index in [-0.39, 0.29) is 30.6 Å². The Bertz CT molecular complexity index is 509. The lowest BCUT2D eigenvalue weighted by molar-refractivity contribution is -0.119. The van der Waals surface area contributed by atoms with E-state index in [0.29, 0.717) is 12.3 Å². The Balaban J connectivity index is 0.00000529. The van der Waals surface area contributed by atoms with Crippen molar-refractivity contribution in [1.82, 2.24) is 10.6 Å². The van der Waals surface area contributed by atoms with Crippen molar-refractivity contribution in [2.45, 2.75) is 39.7 Å². The van der Waals surface area contributed by atoms with Crippen LogP contribution >= 0.6 is 24.0 Å². The lowest BCUT2D eigenvalue weighted by Crippen LogP contribution is -2.37. The van der Waals surface area contributed by atoms with Crippen LogP contribution in [0.2, 0.25) is 0 Å². The van der Waals surface area contributed by atoms with Crippen LogP contribution in [0.1, 0.15) is 38.7 Å². The van der Waals surface area contributed by atoms with Gasteiger partial charge in [0.2, 0.25) is 0 Å². The fourth-order valence-electron chi connectivity index (χ4n) is 1.98. The van der Waals surface area contributed by atoms with Gasteiger partial charge in [-0.1, -0.05) is 31.9 Å². The number of primary amides is 1. The average molecular weight is 448 g/mol. The minimum atomic E-state index is -0.487. The van der Waals surface area contributed by atoms with E-state index in [1.54, 1.807) is 6.07 Å². The van der Waals surface area contributed by atoms with Crippen LogP contribution in [0.3, 0.4) is 0 Å². The minimum absolute atomic E-state index is 0. The summed E-state index contributed by atoms with van der Waals surface area (Å²) in [5.74, 6) is 0.948. The van der Waals surface area contributed by atoms with Crippen molar-refractivity contribution in [2.75, 3.05) is 19.7 Å². The average Bonchev–Trinajstić information content (AvgIpc) is 2.55. The topological polar surface area (TPSA) is 88.7 Å². The molecule has 0 saturated heterocycles. The summed E-state index contributed by atoms with van der Waals surface area (Å²) >= 11 is 0. The molecule has 1 rings (SSSR count). The largest absolute Gasteiger partial charge is 0.484 e. The molecule has 0 aliphatic carbocycles. The van der Waals surface area contributed by atoms with Crippen molar-refractivity contribution in [2.24, 2.45) is 10.7 Å². The first-order chi connectivity index (χ1) is 11.2. The Morgan fingerprint density at radius 2 is 2.04 bits per heavy atom. The maximum Gasteiger partial charge on any atom is 0.255 e. The number of guanidine groups is 1.